The SMILES string of the molecule is C=COCC1CN(C(C)C(O)c2cc(Cl)cc(C#N)c2)CC1C. The Bertz CT molecular complexity index is 599. The molecule has 0 bridgehead atoms. The van der Waals surface area contributed by atoms with E-state index in [0.717, 1.165) is 13.1 Å². The first-order chi connectivity index (χ1) is 11.0. The van der Waals surface area contributed by atoms with Crippen molar-refractivity contribution in [1.82, 2.24) is 4.90 Å². The van der Waals surface area contributed by atoms with E-state index < -0.39 is 6.10 Å². The molecule has 0 aromatic heterocycles. The van der Waals surface area contributed by atoms with E-state index >= 15 is 0 Å². The van der Waals surface area contributed by atoms with Gasteiger partial charge in [0.2, 0.25) is 0 Å². The third-order valence-electron chi connectivity index (χ3n) is 4.65. The monoisotopic (exact) mass is 334 g/mol. The topological polar surface area (TPSA) is 56.5 Å². The highest BCUT2D eigenvalue weighted by Gasteiger charge is 2.35. The van der Waals surface area contributed by atoms with E-state index in [0.29, 0.717) is 34.6 Å². The summed E-state index contributed by atoms with van der Waals surface area (Å²) in [5.74, 6) is 0.926. The van der Waals surface area contributed by atoms with Crippen LogP contribution in [0.15, 0.2) is 31.0 Å². The summed E-state index contributed by atoms with van der Waals surface area (Å²) in [4.78, 5) is 2.26. The zero-order chi connectivity index (χ0) is 17.0. The van der Waals surface area contributed by atoms with Crippen molar-refractivity contribution in [1.29, 1.82) is 5.26 Å². The molecule has 1 aromatic rings. The van der Waals surface area contributed by atoms with Gasteiger partial charge in [0.1, 0.15) is 0 Å². The van der Waals surface area contributed by atoms with Crippen LogP contribution in [-0.2, 0) is 4.74 Å². The van der Waals surface area contributed by atoms with E-state index in [1.54, 1.807) is 18.2 Å². The van der Waals surface area contributed by atoms with Gasteiger partial charge in [0.05, 0.1) is 30.6 Å². The normalized spacial score (nSPS) is 24.0. The average Bonchev–Trinajstić information content (AvgIpc) is 2.91. The molecule has 5 heteroatoms. The molecule has 2 rings (SSSR count). The number of likely N-dealkylation sites (tertiary alicyclic amines) is 1. The summed E-state index contributed by atoms with van der Waals surface area (Å²) in [5, 5.41) is 20.2. The third-order valence-corrected chi connectivity index (χ3v) is 4.87. The predicted molar refractivity (Wildman–Crippen MR) is 91.0 cm³/mol. The molecular formula is C18H23ClN2O2. The van der Waals surface area contributed by atoms with Crippen LogP contribution in [0.5, 0.6) is 0 Å². The van der Waals surface area contributed by atoms with E-state index in [1.807, 2.05) is 6.92 Å². The number of rotatable bonds is 6. The highest BCUT2D eigenvalue weighted by Crippen LogP contribution is 2.31. The lowest BCUT2D eigenvalue weighted by Gasteiger charge is -2.29. The lowest BCUT2D eigenvalue weighted by Crippen LogP contribution is -2.36. The molecule has 1 heterocycles. The van der Waals surface area contributed by atoms with Gasteiger partial charge in [0.25, 0.3) is 0 Å². The van der Waals surface area contributed by atoms with Crippen LogP contribution in [0.3, 0.4) is 0 Å². The fourth-order valence-corrected chi connectivity index (χ4v) is 3.39. The Morgan fingerprint density at radius 2 is 2.26 bits per heavy atom. The Balaban J connectivity index is 2.08. The van der Waals surface area contributed by atoms with Gasteiger partial charge in [0.15, 0.2) is 0 Å². The van der Waals surface area contributed by atoms with Crippen LogP contribution in [0, 0.1) is 23.2 Å². The summed E-state index contributed by atoms with van der Waals surface area (Å²) in [5.41, 5.74) is 1.14. The maximum absolute atomic E-state index is 10.7. The van der Waals surface area contributed by atoms with Crippen LogP contribution in [-0.4, -0.2) is 35.7 Å². The van der Waals surface area contributed by atoms with Gasteiger partial charge in [-0.1, -0.05) is 25.1 Å². The number of ether oxygens (including phenoxy) is 1. The molecule has 0 aliphatic carbocycles. The minimum Gasteiger partial charge on any atom is -0.501 e. The zero-order valence-electron chi connectivity index (χ0n) is 13.6. The van der Waals surface area contributed by atoms with Crippen molar-refractivity contribution in [3.8, 4) is 6.07 Å². The van der Waals surface area contributed by atoms with Gasteiger partial charge in [-0.15, -0.1) is 0 Å². The van der Waals surface area contributed by atoms with Crippen molar-refractivity contribution in [2.75, 3.05) is 19.7 Å². The van der Waals surface area contributed by atoms with Crippen molar-refractivity contribution in [3.05, 3.63) is 47.2 Å². The summed E-state index contributed by atoms with van der Waals surface area (Å²) in [6.07, 6.45) is 0.787. The molecule has 0 spiro atoms. The van der Waals surface area contributed by atoms with E-state index in [4.69, 9.17) is 21.6 Å². The molecule has 0 amide bonds. The molecule has 1 N–H and O–H groups in total. The molecule has 4 atom stereocenters. The number of aliphatic hydroxyl groups is 1. The van der Waals surface area contributed by atoms with Crippen LogP contribution in [0.1, 0.15) is 31.1 Å². The second-order valence-corrected chi connectivity index (χ2v) is 6.70. The van der Waals surface area contributed by atoms with Crippen molar-refractivity contribution in [2.45, 2.75) is 26.0 Å². The lowest BCUT2D eigenvalue weighted by molar-refractivity contribution is 0.0665. The van der Waals surface area contributed by atoms with E-state index in [9.17, 15) is 5.11 Å². The molecule has 1 fully saturated rings. The maximum Gasteiger partial charge on any atom is 0.0992 e. The standard InChI is InChI=1S/C18H23ClN2O2/c1-4-23-11-16-10-21(9-12(16)2)13(3)18(22)15-5-14(8-20)6-17(19)7-15/h4-7,12-13,16,18,22H,1,9-11H2,2-3H3. The molecule has 124 valence electrons. The van der Waals surface area contributed by atoms with E-state index in [2.05, 4.69) is 24.5 Å². The summed E-state index contributed by atoms with van der Waals surface area (Å²) in [6, 6.07) is 7.04. The molecule has 0 saturated carbocycles. The molecular weight excluding hydrogens is 312 g/mol. The van der Waals surface area contributed by atoms with Crippen molar-refractivity contribution < 1.29 is 9.84 Å². The zero-order valence-corrected chi connectivity index (χ0v) is 14.3. The minimum atomic E-state index is -0.688. The van der Waals surface area contributed by atoms with Crippen molar-refractivity contribution in [3.63, 3.8) is 0 Å². The van der Waals surface area contributed by atoms with Crippen LogP contribution in [0.4, 0.5) is 0 Å². The number of nitrogens with zero attached hydrogens (tertiary/aromatic N) is 2. The number of aliphatic hydroxyl groups excluding tert-OH is 1. The first-order valence-corrected chi connectivity index (χ1v) is 8.19. The smallest absolute Gasteiger partial charge is 0.0992 e. The van der Waals surface area contributed by atoms with Gasteiger partial charge in [-0.2, -0.15) is 5.26 Å². The van der Waals surface area contributed by atoms with E-state index in [1.165, 1.54) is 6.26 Å². The maximum atomic E-state index is 10.7. The Morgan fingerprint density at radius 1 is 1.52 bits per heavy atom. The Hall–Kier alpha value is -1.54. The number of halogens is 1. The molecule has 1 saturated heterocycles. The van der Waals surface area contributed by atoms with Crippen LogP contribution in [0.25, 0.3) is 0 Å². The van der Waals surface area contributed by atoms with Gasteiger partial charge in [0, 0.05) is 30.1 Å². The van der Waals surface area contributed by atoms with Crippen LogP contribution >= 0.6 is 11.6 Å². The van der Waals surface area contributed by atoms with Crippen molar-refractivity contribution >= 4 is 11.6 Å². The first-order valence-electron chi connectivity index (χ1n) is 7.81. The number of nitriles is 1. The Kier molecular flexibility index (Phi) is 6.06. The second-order valence-electron chi connectivity index (χ2n) is 6.26. The largest absolute Gasteiger partial charge is 0.501 e. The third kappa shape index (κ3) is 4.26. The summed E-state index contributed by atoms with van der Waals surface area (Å²) >= 11 is 6.04. The number of hydrogen-bond donors (Lipinski definition) is 1. The molecule has 1 aromatic carbocycles. The van der Waals surface area contributed by atoms with Gasteiger partial charge in [-0.05, 0) is 36.6 Å². The summed E-state index contributed by atoms with van der Waals surface area (Å²) < 4.78 is 5.33. The van der Waals surface area contributed by atoms with Gasteiger partial charge in [-0.3, -0.25) is 4.90 Å². The van der Waals surface area contributed by atoms with Crippen LogP contribution < -0.4 is 0 Å². The van der Waals surface area contributed by atoms with Crippen LogP contribution in [0.2, 0.25) is 5.02 Å². The highest BCUT2D eigenvalue weighted by atomic mass is 35.5. The fourth-order valence-electron chi connectivity index (χ4n) is 3.14. The molecule has 4 nitrogen and oxygen atoms in total. The second kappa shape index (κ2) is 7.83. The Morgan fingerprint density at radius 3 is 2.91 bits per heavy atom. The molecule has 4 unspecified atom stereocenters. The quantitative estimate of drug-likeness (QED) is 0.810. The summed E-state index contributed by atoms with van der Waals surface area (Å²) in [6.45, 7) is 10.2. The van der Waals surface area contributed by atoms with E-state index in [-0.39, 0.29) is 6.04 Å². The molecule has 23 heavy (non-hydrogen) atoms. The predicted octanol–water partition coefficient (Wildman–Crippen LogP) is 3.36. The highest BCUT2D eigenvalue weighted by molar-refractivity contribution is 6.30. The van der Waals surface area contributed by atoms with Gasteiger partial charge >= 0.3 is 0 Å². The van der Waals surface area contributed by atoms with Crippen molar-refractivity contribution in [2.24, 2.45) is 11.8 Å². The summed E-state index contributed by atoms with van der Waals surface area (Å²) in [7, 11) is 0. The lowest BCUT2D eigenvalue weighted by atomic mass is 10.00. The first kappa shape index (κ1) is 17.8. The molecule has 1 aliphatic rings. The number of benzene rings is 1. The fraction of sp³-hybridized carbons (Fsp3) is 0.500. The average molecular weight is 335 g/mol. The minimum absolute atomic E-state index is 0.0591. The number of hydrogen-bond acceptors (Lipinski definition) is 4. The molecule has 1 aliphatic heterocycles. The van der Waals surface area contributed by atoms with Gasteiger partial charge in [-0.25, -0.2) is 0 Å². The molecule has 0 radical (unpaired) electrons. The Labute approximate surface area is 142 Å². The van der Waals surface area contributed by atoms with Gasteiger partial charge < -0.3 is 9.84 Å².